The summed E-state index contributed by atoms with van der Waals surface area (Å²) in [5.74, 6) is 0.492. The number of methoxy groups -OCH3 is 1. The highest BCUT2D eigenvalue weighted by atomic mass is 16.5. The molecular weight excluding hydrogens is 320 g/mol. The van der Waals surface area contributed by atoms with Gasteiger partial charge in [0, 0.05) is 25.6 Å². The van der Waals surface area contributed by atoms with Gasteiger partial charge in [-0.2, -0.15) is 0 Å². The van der Waals surface area contributed by atoms with E-state index in [4.69, 9.17) is 4.74 Å². The number of ether oxygens (including phenoxy) is 1. The first-order valence-electron chi connectivity index (χ1n) is 8.94. The number of nitrogens with zero attached hydrogens (tertiary/aromatic N) is 1. The Morgan fingerprint density at radius 1 is 1.24 bits per heavy atom. The van der Waals surface area contributed by atoms with Crippen molar-refractivity contribution < 1.29 is 19.4 Å². The molecule has 25 heavy (non-hydrogen) atoms. The molecule has 1 saturated heterocycles. The zero-order chi connectivity index (χ0) is 17.8. The minimum atomic E-state index is -0.280. The summed E-state index contributed by atoms with van der Waals surface area (Å²) in [5, 5.41) is 12.6. The van der Waals surface area contributed by atoms with Crippen molar-refractivity contribution in [1.82, 2.24) is 10.2 Å². The minimum absolute atomic E-state index is 0.0232. The summed E-state index contributed by atoms with van der Waals surface area (Å²) in [6, 6.07) is 7.75. The Hall–Kier alpha value is -2.08. The number of hydrogen-bond acceptors (Lipinski definition) is 4. The van der Waals surface area contributed by atoms with Crippen LogP contribution in [0.3, 0.4) is 0 Å². The van der Waals surface area contributed by atoms with Crippen molar-refractivity contribution in [3.05, 3.63) is 29.8 Å². The molecular formula is C19H26N2O4. The van der Waals surface area contributed by atoms with E-state index in [0.717, 1.165) is 37.0 Å². The maximum Gasteiger partial charge on any atom is 0.225 e. The van der Waals surface area contributed by atoms with Crippen molar-refractivity contribution in [1.29, 1.82) is 0 Å². The first-order chi connectivity index (χ1) is 12.0. The predicted molar refractivity (Wildman–Crippen MR) is 92.9 cm³/mol. The number of aliphatic hydroxyl groups excluding tert-OH is 1. The van der Waals surface area contributed by atoms with Crippen LogP contribution in [0.5, 0.6) is 5.75 Å². The molecule has 2 amide bonds. The lowest BCUT2D eigenvalue weighted by Crippen LogP contribution is -2.42. The first-order valence-corrected chi connectivity index (χ1v) is 8.94. The van der Waals surface area contributed by atoms with Gasteiger partial charge >= 0.3 is 0 Å². The third kappa shape index (κ3) is 4.51. The molecule has 0 aromatic heterocycles. The number of hydrogen-bond donors (Lipinski definition) is 2. The van der Waals surface area contributed by atoms with Crippen LogP contribution in [0, 0.1) is 5.92 Å². The highest BCUT2D eigenvalue weighted by Gasteiger charge is 2.35. The summed E-state index contributed by atoms with van der Waals surface area (Å²) in [7, 11) is 1.62. The van der Waals surface area contributed by atoms with Gasteiger partial charge in [0.25, 0.3) is 0 Å². The van der Waals surface area contributed by atoms with Gasteiger partial charge in [-0.05, 0) is 43.4 Å². The molecule has 3 rings (SSSR count). The van der Waals surface area contributed by atoms with E-state index in [9.17, 15) is 14.7 Å². The van der Waals surface area contributed by atoms with Crippen molar-refractivity contribution in [2.75, 3.05) is 13.7 Å². The van der Waals surface area contributed by atoms with Crippen LogP contribution in [-0.2, 0) is 16.1 Å². The van der Waals surface area contributed by atoms with Gasteiger partial charge in [-0.3, -0.25) is 9.59 Å². The molecule has 2 N–H and O–H groups in total. The maximum absolute atomic E-state index is 12.5. The normalized spacial score (nSPS) is 26.6. The molecule has 1 atom stereocenters. The second kappa shape index (κ2) is 7.87. The van der Waals surface area contributed by atoms with E-state index >= 15 is 0 Å². The maximum atomic E-state index is 12.5. The van der Waals surface area contributed by atoms with E-state index < -0.39 is 0 Å². The number of nitrogens with one attached hydrogen (secondary N) is 1. The van der Waals surface area contributed by atoms with E-state index in [0.29, 0.717) is 13.1 Å². The largest absolute Gasteiger partial charge is 0.497 e. The van der Waals surface area contributed by atoms with E-state index in [1.165, 1.54) is 0 Å². The third-order valence-corrected chi connectivity index (χ3v) is 5.16. The molecule has 0 bridgehead atoms. The smallest absolute Gasteiger partial charge is 0.225 e. The summed E-state index contributed by atoms with van der Waals surface area (Å²) in [6.45, 7) is 0.980. The van der Waals surface area contributed by atoms with E-state index in [1.54, 1.807) is 12.0 Å². The van der Waals surface area contributed by atoms with Crippen LogP contribution in [0.2, 0.25) is 0 Å². The van der Waals surface area contributed by atoms with Crippen LogP contribution in [0.15, 0.2) is 24.3 Å². The number of likely N-dealkylation sites (tertiary alicyclic amines) is 1. The highest BCUT2D eigenvalue weighted by molar-refractivity contribution is 5.89. The lowest BCUT2D eigenvalue weighted by molar-refractivity contribution is -0.129. The van der Waals surface area contributed by atoms with Crippen LogP contribution in [0.4, 0.5) is 0 Å². The van der Waals surface area contributed by atoms with E-state index in [2.05, 4.69) is 5.32 Å². The quantitative estimate of drug-likeness (QED) is 0.846. The molecule has 1 aromatic rings. The van der Waals surface area contributed by atoms with Gasteiger partial charge in [-0.15, -0.1) is 0 Å². The minimum Gasteiger partial charge on any atom is -0.497 e. The van der Waals surface area contributed by atoms with Crippen molar-refractivity contribution in [2.45, 2.75) is 50.8 Å². The monoisotopic (exact) mass is 346 g/mol. The molecule has 1 aromatic carbocycles. The topological polar surface area (TPSA) is 78.9 Å². The molecule has 1 heterocycles. The van der Waals surface area contributed by atoms with Crippen LogP contribution in [0.25, 0.3) is 0 Å². The van der Waals surface area contributed by atoms with Gasteiger partial charge in [-0.1, -0.05) is 12.1 Å². The number of rotatable bonds is 5. The Morgan fingerprint density at radius 3 is 2.56 bits per heavy atom. The third-order valence-electron chi connectivity index (χ3n) is 5.16. The predicted octanol–water partition coefficient (Wildman–Crippen LogP) is 1.46. The molecule has 1 aliphatic heterocycles. The fraction of sp³-hybridized carbons (Fsp3) is 0.579. The van der Waals surface area contributed by atoms with Crippen molar-refractivity contribution in [2.24, 2.45) is 5.92 Å². The second-order valence-electron chi connectivity index (χ2n) is 7.04. The Labute approximate surface area is 148 Å². The lowest BCUT2D eigenvalue weighted by atomic mass is 9.92. The standard InChI is InChI=1S/C19H26N2O4/c1-25-17-8-2-13(3-9-17)11-21-12-14(10-18(21)23)19(24)20-15-4-6-16(22)7-5-15/h2-3,8-9,14-16,22H,4-7,10-12H2,1H3,(H,20,24). The first kappa shape index (κ1) is 17.7. The molecule has 1 aliphatic carbocycles. The van der Waals surface area contributed by atoms with E-state index in [1.807, 2.05) is 24.3 Å². The zero-order valence-electron chi connectivity index (χ0n) is 14.6. The average Bonchev–Trinajstić information content (AvgIpc) is 2.98. The molecule has 0 spiro atoms. The summed E-state index contributed by atoms with van der Waals surface area (Å²) in [5.41, 5.74) is 1.02. The lowest BCUT2D eigenvalue weighted by Gasteiger charge is -2.27. The van der Waals surface area contributed by atoms with Crippen LogP contribution < -0.4 is 10.1 Å². The molecule has 136 valence electrons. The van der Waals surface area contributed by atoms with Gasteiger partial charge in [-0.25, -0.2) is 0 Å². The number of carbonyl (C=O) groups is 2. The van der Waals surface area contributed by atoms with Crippen molar-refractivity contribution in [3.63, 3.8) is 0 Å². The van der Waals surface area contributed by atoms with Gasteiger partial charge in [0.15, 0.2) is 0 Å². The number of carbonyl (C=O) groups excluding carboxylic acids is 2. The molecule has 2 aliphatic rings. The van der Waals surface area contributed by atoms with Gasteiger partial charge < -0.3 is 20.1 Å². The Balaban J connectivity index is 1.51. The molecule has 0 radical (unpaired) electrons. The van der Waals surface area contributed by atoms with Crippen LogP contribution >= 0.6 is 0 Å². The van der Waals surface area contributed by atoms with E-state index in [-0.39, 0.29) is 36.3 Å². The summed E-state index contributed by atoms with van der Waals surface area (Å²) >= 11 is 0. The van der Waals surface area contributed by atoms with Crippen molar-refractivity contribution in [3.8, 4) is 5.75 Å². The SMILES string of the molecule is COc1ccc(CN2CC(C(=O)NC3CCC(O)CC3)CC2=O)cc1. The van der Waals surface area contributed by atoms with Crippen LogP contribution in [0.1, 0.15) is 37.7 Å². The zero-order valence-corrected chi connectivity index (χ0v) is 14.6. The second-order valence-corrected chi connectivity index (χ2v) is 7.04. The Morgan fingerprint density at radius 2 is 1.92 bits per heavy atom. The number of amides is 2. The number of benzene rings is 1. The van der Waals surface area contributed by atoms with Gasteiger partial charge in [0.2, 0.25) is 11.8 Å². The summed E-state index contributed by atoms with van der Waals surface area (Å²) in [6.07, 6.45) is 3.13. The van der Waals surface area contributed by atoms with Crippen LogP contribution in [-0.4, -0.2) is 47.6 Å². The molecule has 6 nitrogen and oxygen atoms in total. The van der Waals surface area contributed by atoms with Crippen molar-refractivity contribution >= 4 is 11.8 Å². The highest BCUT2D eigenvalue weighted by Crippen LogP contribution is 2.23. The Kier molecular flexibility index (Phi) is 5.58. The average molecular weight is 346 g/mol. The molecule has 1 saturated carbocycles. The number of aliphatic hydroxyl groups is 1. The molecule has 2 fully saturated rings. The summed E-state index contributed by atoms with van der Waals surface area (Å²) < 4.78 is 5.14. The molecule has 1 unspecified atom stereocenters. The van der Waals surface area contributed by atoms with Gasteiger partial charge in [0.1, 0.15) is 5.75 Å². The fourth-order valence-corrected chi connectivity index (χ4v) is 3.59. The Bertz CT molecular complexity index is 608. The van der Waals surface area contributed by atoms with Gasteiger partial charge in [0.05, 0.1) is 19.1 Å². The molecule has 6 heteroatoms. The fourth-order valence-electron chi connectivity index (χ4n) is 3.59. The summed E-state index contributed by atoms with van der Waals surface area (Å²) in [4.78, 5) is 26.4.